The highest BCUT2D eigenvalue weighted by atomic mass is 16.5. The predicted molar refractivity (Wildman–Crippen MR) is 86.5 cm³/mol. The minimum atomic E-state index is -0.931. The smallest absolute Gasteiger partial charge is 0.119 e. The second-order valence-corrected chi connectivity index (χ2v) is 5.17. The van der Waals surface area contributed by atoms with Gasteiger partial charge in [0.15, 0.2) is 0 Å². The Balaban J connectivity index is 0.000000315. The van der Waals surface area contributed by atoms with Crippen LogP contribution >= 0.6 is 0 Å². The maximum atomic E-state index is 8.59. The normalized spacial score (nSPS) is 10.2. The average Bonchev–Trinajstić information content (AvgIpc) is 2.49. The lowest BCUT2D eigenvalue weighted by molar-refractivity contribution is 0.107. The third kappa shape index (κ3) is 8.65. The van der Waals surface area contributed by atoms with Crippen molar-refractivity contribution in [1.82, 2.24) is 0 Å². The fourth-order valence-corrected chi connectivity index (χ4v) is 1.44. The first-order chi connectivity index (χ1) is 10.0. The van der Waals surface area contributed by atoms with Gasteiger partial charge in [-0.15, -0.1) is 6.42 Å². The van der Waals surface area contributed by atoms with Crippen molar-refractivity contribution in [1.29, 1.82) is 0 Å². The molecule has 0 aliphatic rings. The predicted octanol–water partition coefficient (Wildman–Crippen LogP) is 3.79. The number of aliphatic hydroxyl groups is 1. The van der Waals surface area contributed by atoms with E-state index >= 15 is 0 Å². The maximum Gasteiger partial charge on any atom is 0.119 e. The van der Waals surface area contributed by atoms with Gasteiger partial charge in [-0.1, -0.05) is 66.6 Å². The van der Waals surface area contributed by atoms with Gasteiger partial charge in [-0.3, -0.25) is 0 Å². The summed E-state index contributed by atoms with van der Waals surface area (Å²) in [6.45, 7) is 4.48. The molecular formula is C19H22O2. The van der Waals surface area contributed by atoms with Gasteiger partial charge in [0.1, 0.15) is 5.60 Å². The molecule has 2 heteroatoms. The van der Waals surface area contributed by atoms with Gasteiger partial charge in [-0.05, 0) is 25.0 Å². The number of terminal acetylenes is 1. The minimum absolute atomic E-state index is 0.676. The molecule has 0 radical (unpaired) electrons. The molecular weight excluding hydrogens is 260 g/mol. The molecule has 2 rings (SSSR count). The van der Waals surface area contributed by atoms with Gasteiger partial charge >= 0.3 is 0 Å². The van der Waals surface area contributed by atoms with E-state index in [1.54, 1.807) is 13.8 Å². The number of hydrogen-bond acceptors (Lipinski definition) is 2. The summed E-state index contributed by atoms with van der Waals surface area (Å²) in [6, 6.07) is 20.4. The molecule has 2 nitrogen and oxygen atoms in total. The molecule has 0 saturated heterocycles. The van der Waals surface area contributed by atoms with Crippen molar-refractivity contribution in [2.24, 2.45) is 0 Å². The lowest BCUT2D eigenvalue weighted by atomic mass is 10.2. The number of rotatable bonds is 4. The Bertz CT molecular complexity index is 494. The van der Waals surface area contributed by atoms with Gasteiger partial charge in [0, 0.05) is 0 Å². The van der Waals surface area contributed by atoms with E-state index in [-0.39, 0.29) is 0 Å². The zero-order chi connectivity index (χ0) is 15.6. The Morgan fingerprint density at radius 1 is 0.905 bits per heavy atom. The van der Waals surface area contributed by atoms with E-state index in [9.17, 15) is 0 Å². The van der Waals surface area contributed by atoms with Crippen LogP contribution in [0.25, 0.3) is 0 Å². The van der Waals surface area contributed by atoms with Gasteiger partial charge in [0.05, 0.1) is 13.2 Å². The van der Waals surface area contributed by atoms with Crippen LogP contribution in [0.2, 0.25) is 0 Å². The molecule has 0 amide bonds. The fraction of sp³-hybridized carbons (Fsp3) is 0.263. The first-order valence-corrected chi connectivity index (χ1v) is 6.87. The number of benzene rings is 2. The highest BCUT2D eigenvalue weighted by molar-refractivity contribution is 5.15. The van der Waals surface area contributed by atoms with Crippen LogP contribution in [-0.2, 0) is 18.0 Å². The van der Waals surface area contributed by atoms with E-state index in [1.807, 2.05) is 36.4 Å². The average molecular weight is 282 g/mol. The van der Waals surface area contributed by atoms with Crippen LogP contribution < -0.4 is 0 Å². The van der Waals surface area contributed by atoms with E-state index in [0.717, 1.165) is 0 Å². The molecule has 0 bridgehead atoms. The van der Waals surface area contributed by atoms with Crippen LogP contribution in [0.15, 0.2) is 60.7 Å². The summed E-state index contributed by atoms with van der Waals surface area (Å²) in [5.74, 6) is 2.16. The van der Waals surface area contributed by atoms with Gasteiger partial charge in [-0.2, -0.15) is 0 Å². The first kappa shape index (κ1) is 17.0. The summed E-state index contributed by atoms with van der Waals surface area (Å²) in [5, 5.41) is 8.59. The second kappa shape index (κ2) is 8.97. The van der Waals surface area contributed by atoms with Crippen molar-refractivity contribution in [3.05, 3.63) is 71.8 Å². The molecule has 110 valence electrons. The highest BCUT2D eigenvalue weighted by Crippen LogP contribution is 2.05. The van der Waals surface area contributed by atoms with Crippen LogP contribution in [0.1, 0.15) is 25.0 Å². The fourth-order valence-electron chi connectivity index (χ4n) is 1.44. The van der Waals surface area contributed by atoms with Crippen LogP contribution in [0.3, 0.4) is 0 Å². The van der Waals surface area contributed by atoms with Crippen molar-refractivity contribution in [3.8, 4) is 12.3 Å². The highest BCUT2D eigenvalue weighted by Gasteiger charge is 2.03. The molecule has 2 aromatic carbocycles. The van der Waals surface area contributed by atoms with Gasteiger partial charge < -0.3 is 9.84 Å². The minimum Gasteiger partial charge on any atom is -0.378 e. The second-order valence-electron chi connectivity index (χ2n) is 5.17. The van der Waals surface area contributed by atoms with Crippen molar-refractivity contribution >= 4 is 0 Å². The van der Waals surface area contributed by atoms with Crippen LogP contribution in [-0.4, -0.2) is 10.7 Å². The molecule has 0 spiro atoms. The van der Waals surface area contributed by atoms with E-state index in [1.165, 1.54) is 11.1 Å². The van der Waals surface area contributed by atoms with Crippen molar-refractivity contribution in [2.45, 2.75) is 32.7 Å². The largest absolute Gasteiger partial charge is 0.378 e. The summed E-state index contributed by atoms with van der Waals surface area (Å²) < 4.78 is 5.61. The van der Waals surface area contributed by atoms with E-state index in [2.05, 4.69) is 30.2 Å². The van der Waals surface area contributed by atoms with Crippen LogP contribution in [0.5, 0.6) is 0 Å². The maximum absolute atomic E-state index is 8.59. The monoisotopic (exact) mass is 282 g/mol. The Kier molecular flexibility index (Phi) is 7.25. The van der Waals surface area contributed by atoms with Crippen molar-refractivity contribution in [3.63, 3.8) is 0 Å². The van der Waals surface area contributed by atoms with Crippen LogP contribution in [0.4, 0.5) is 0 Å². The molecule has 1 N–H and O–H groups in total. The third-order valence-electron chi connectivity index (χ3n) is 2.58. The van der Waals surface area contributed by atoms with E-state index in [4.69, 9.17) is 16.3 Å². The first-order valence-electron chi connectivity index (χ1n) is 6.87. The SMILES string of the molecule is C#CC(C)(C)O.c1ccc(COCc2ccccc2)cc1. The standard InChI is InChI=1S/C14H14O.C5H8O/c1-3-7-13(8-4-1)11-15-12-14-9-5-2-6-10-14;1-4-5(2,3)6/h1-10H,11-12H2;1,6H,2-3H3. The van der Waals surface area contributed by atoms with E-state index in [0.29, 0.717) is 13.2 Å². The molecule has 0 aliphatic heterocycles. The summed E-state index contributed by atoms with van der Waals surface area (Å²) in [6.07, 6.45) is 4.81. The molecule has 21 heavy (non-hydrogen) atoms. The molecule has 2 aromatic rings. The van der Waals surface area contributed by atoms with Crippen LogP contribution in [0, 0.1) is 12.3 Å². The number of hydrogen-bond donors (Lipinski definition) is 1. The molecule has 0 saturated carbocycles. The van der Waals surface area contributed by atoms with Crippen molar-refractivity contribution in [2.75, 3.05) is 0 Å². The van der Waals surface area contributed by atoms with Gasteiger partial charge in [0.25, 0.3) is 0 Å². The number of ether oxygens (including phenoxy) is 1. The van der Waals surface area contributed by atoms with Crippen molar-refractivity contribution < 1.29 is 9.84 Å². The Hall–Kier alpha value is -2.08. The Labute approximate surface area is 127 Å². The molecule has 0 aromatic heterocycles. The summed E-state index contributed by atoms with van der Waals surface area (Å²) in [5.41, 5.74) is 1.50. The zero-order valence-corrected chi connectivity index (χ0v) is 12.6. The lowest BCUT2D eigenvalue weighted by Gasteiger charge is -2.04. The Morgan fingerprint density at radius 3 is 1.52 bits per heavy atom. The lowest BCUT2D eigenvalue weighted by Crippen LogP contribution is -2.13. The molecule has 0 atom stereocenters. The molecule has 0 fully saturated rings. The van der Waals surface area contributed by atoms with Gasteiger partial charge in [-0.25, -0.2) is 0 Å². The summed E-state index contributed by atoms with van der Waals surface area (Å²) in [7, 11) is 0. The molecule has 0 aliphatic carbocycles. The quantitative estimate of drug-likeness (QED) is 0.864. The Morgan fingerprint density at radius 2 is 1.24 bits per heavy atom. The summed E-state index contributed by atoms with van der Waals surface area (Å²) >= 11 is 0. The third-order valence-corrected chi connectivity index (χ3v) is 2.58. The van der Waals surface area contributed by atoms with E-state index < -0.39 is 5.60 Å². The van der Waals surface area contributed by atoms with Gasteiger partial charge in [0.2, 0.25) is 0 Å². The topological polar surface area (TPSA) is 29.5 Å². The zero-order valence-electron chi connectivity index (χ0n) is 12.6. The molecule has 0 heterocycles. The molecule has 0 unspecified atom stereocenters. The summed E-state index contributed by atoms with van der Waals surface area (Å²) in [4.78, 5) is 0.